The summed E-state index contributed by atoms with van der Waals surface area (Å²) >= 11 is 0. The highest BCUT2D eigenvalue weighted by atomic mass is 16.2. The van der Waals surface area contributed by atoms with E-state index in [0.717, 1.165) is 21.2 Å². The lowest BCUT2D eigenvalue weighted by atomic mass is 10.0. The molecule has 0 aromatic heterocycles. The van der Waals surface area contributed by atoms with Crippen molar-refractivity contribution in [1.29, 1.82) is 0 Å². The number of nitrogens with zero attached hydrogens (tertiary/aromatic N) is 4. The molecule has 2 aliphatic rings. The van der Waals surface area contributed by atoms with Gasteiger partial charge in [0.2, 0.25) is 11.9 Å². The second-order valence-electron chi connectivity index (χ2n) is 6.35. The first-order valence-corrected chi connectivity index (χ1v) is 8.23. The monoisotopic (exact) mass is 351 g/mol. The van der Waals surface area contributed by atoms with Gasteiger partial charge in [0.25, 0.3) is 5.91 Å². The number of imide groups is 1. The molecule has 1 saturated heterocycles. The number of fused-ring (bicyclic) bond motifs is 2. The Balaban J connectivity index is 1.78. The van der Waals surface area contributed by atoms with Gasteiger partial charge in [-0.1, -0.05) is 47.5 Å². The Morgan fingerprint density at radius 1 is 1.12 bits per heavy atom. The van der Waals surface area contributed by atoms with E-state index >= 15 is 0 Å². The fourth-order valence-corrected chi connectivity index (χ4v) is 3.49. The Hall–Kier alpha value is -3.26. The predicted molar refractivity (Wildman–Crippen MR) is 97.4 cm³/mol. The van der Waals surface area contributed by atoms with Gasteiger partial charge in [-0.05, 0) is 16.3 Å². The number of aliphatic imine (C=N–C) groups is 1. The quantitative estimate of drug-likeness (QED) is 0.467. The van der Waals surface area contributed by atoms with Crippen molar-refractivity contribution < 1.29 is 14.2 Å². The molecule has 3 amide bonds. The van der Waals surface area contributed by atoms with Gasteiger partial charge in [-0.3, -0.25) is 14.6 Å². The van der Waals surface area contributed by atoms with Crippen LogP contribution in [0.4, 0.5) is 4.79 Å². The number of urea groups is 1. The topological polar surface area (TPSA) is 94.0 Å². The number of carbonyl (C=O) groups is 2. The smallest absolute Gasteiger partial charge is 0.270 e. The first-order chi connectivity index (χ1) is 12.5. The molecule has 3 N–H and O–H groups in total. The number of benzene rings is 2. The van der Waals surface area contributed by atoms with E-state index in [-0.39, 0.29) is 5.91 Å². The zero-order valence-corrected chi connectivity index (χ0v) is 14.5. The van der Waals surface area contributed by atoms with Crippen LogP contribution < -0.4 is 11.3 Å². The molecular weight excluding hydrogens is 332 g/mol. The van der Waals surface area contributed by atoms with Gasteiger partial charge in [-0.2, -0.15) is 5.84 Å². The molecule has 2 aromatic rings. The van der Waals surface area contributed by atoms with Crippen molar-refractivity contribution >= 4 is 34.5 Å². The molecule has 0 radical (unpaired) electrons. The summed E-state index contributed by atoms with van der Waals surface area (Å²) in [5, 5.41) is 2.22. The lowest BCUT2D eigenvalue weighted by Crippen LogP contribution is -2.61. The van der Waals surface area contributed by atoms with Crippen LogP contribution in [0.15, 0.2) is 47.5 Å². The van der Waals surface area contributed by atoms with Crippen LogP contribution >= 0.6 is 0 Å². The number of amides is 3. The second kappa shape index (κ2) is 5.92. The standard InChI is InChI=1S/C18H18N6O2/c1-22-15-14(16(25)23(2)18(22)26)24(17(20-15)21-19)10-12-8-5-7-11-6-3-4-9-13(11)12/h3-9,14H,10,19H2,1-2H3/p+1. The van der Waals surface area contributed by atoms with Crippen molar-refractivity contribution in [1.82, 2.24) is 15.2 Å². The third-order valence-electron chi connectivity index (χ3n) is 4.88. The molecule has 1 unspecified atom stereocenters. The van der Waals surface area contributed by atoms with E-state index in [1.54, 1.807) is 11.6 Å². The Morgan fingerprint density at radius 3 is 2.62 bits per heavy atom. The van der Waals surface area contributed by atoms with Gasteiger partial charge >= 0.3 is 12.0 Å². The number of hydrazine groups is 1. The Morgan fingerprint density at radius 2 is 1.85 bits per heavy atom. The Kier molecular flexibility index (Phi) is 3.69. The molecule has 2 aliphatic heterocycles. The van der Waals surface area contributed by atoms with E-state index in [0.29, 0.717) is 18.3 Å². The van der Waals surface area contributed by atoms with Crippen LogP contribution in [0.2, 0.25) is 0 Å². The maximum Gasteiger partial charge on any atom is 0.407 e. The SMILES string of the molecule is CN1C(=O)C2C(=NC(NN)=[N+]2Cc2cccc3ccccc23)N(C)C1=O. The van der Waals surface area contributed by atoms with Gasteiger partial charge in [-0.25, -0.2) is 14.8 Å². The summed E-state index contributed by atoms with van der Waals surface area (Å²) in [7, 11) is 3.08. The van der Waals surface area contributed by atoms with Crippen LogP contribution in [-0.2, 0) is 11.3 Å². The fourth-order valence-electron chi connectivity index (χ4n) is 3.49. The van der Waals surface area contributed by atoms with Crippen LogP contribution in [0, 0.1) is 0 Å². The molecular formula is C18H19N6O2+. The highest BCUT2D eigenvalue weighted by Gasteiger charge is 2.51. The number of hydrogen-bond donors (Lipinski definition) is 2. The highest BCUT2D eigenvalue weighted by molar-refractivity contribution is 6.22. The summed E-state index contributed by atoms with van der Waals surface area (Å²) in [4.78, 5) is 31.8. The van der Waals surface area contributed by atoms with Crippen molar-refractivity contribution in [2.45, 2.75) is 12.6 Å². The number of nitrogens with two attached hydrogens (primary N) is 1. The first kappa shape index (κ1) is 16.2. The van der Waals surface area contributed by atoms with Gasteiger partial charge < -0.3 is 0 Å². The molecule has 8 nitrogen and oxygen atoms in total. The Bertz CT molecular complexity index is 991. The summed E-state index contributed by atoms with van der Waals surface area (Å²) < 4.78 is 1.79. The zero-order valence-electron chi connectivity index (χ0n) is 14.5. The molecule has 0 aliphatic carbocycles. The number of carbonyl (C=O) groups excluding carboxylic acids is 2. The summed E-state index contributed by atoms with van der Waals surface area (Å²) in [6, 6.07) is 13.0. The van der Waals surface area contributed by atoms with Crippen molar-refractivity contribution in [3.63, 3.8) is 0 Å². The minimum Gasteiger partial charge on any atom is -0.270 e. The molecule has 0 spiro atoms. The summed E-state index contributed by atoms with van der Waals surface area (Å²) in [6.07, 6.45) is 0. The molecule has 26 heavy (non-hydrogen) atoms. The van der Waals surface area contributed by atoms with Crippen molar-refractivity contribution in [2.75, 3.05) is 14.1 Å². The molecule has 1 atom stereocenters. The van der Waals surface area contributed by atoms with Gasteiger partial charge in [0.05, 0.1) is 6.54 Å². The van der Waals surface area contributed by atoms with E-state index < -0.39 is 12.1 Å². The van der Waals surface area contributed by atoms with Crippen molar-refractivity contribution in [3.05, 3.63) is 48.0 Å². The van der Waals surface area contributed by atoms with Crippen LogP contribution in [0.5, 0.6) is 0 Å². The molecule has 0 saturated carbocycles. The molecule has 0 bridgehead atoms. The fraction of sp³-hybridized carbons (Fsp3) is 0.222. The molecule has 1 fully saturated rings. The molecule has 132 valence electrons. The third kappa shape index (κ3) is 2.26. The molecule has 2 heterocycles. The lowest BCUT2D eigenvalue weighted by Gasteiger charge is -2.31. The van der Waals surface area contributed by atoms with Gasteiger partial charge in [-0.15, -0.1) is 0 Å². The third-order valence-corrected chi connectivity index (χ3v) is 4.88. The lowest BCUT2D eigenvalue weighted by molar-refractivity contribution is -0.552. The average molecular weight is 351 g/mol. The van der Waals surface area contributed by atoms with E-state index in [1.807, 2.05) is 42.5 Å². The van der Waals surface area contributed by atoms with Crippen LogP contribution in [-0.4, -0.2) is 58.2 Å². The minimum absolute atomic E-state index is 0.322. The average Bonchev–Trinajstić information content (AvgIpc) is 3.03. The zero-order chi connectivity index (χ0) is 18.4. The van der Waals surface area contributed by atoms with E-state index in [1.165, 1.54) is 11.9 Å². The normalized spacial score (nSPS) is 20.0. The number of nitrogens with one attached hydrogen (secondary N) is 1. The van der Waals surface area contributed by atoms with E-state index in [2.05, 4.69) is 10.4 Å². The predicted octanol–water partition coefficient (Wildman–Crippen LogP) is 0.476. The summed E-state index contributed by atoms with van der Waals surface area (Å²) in [5.41, 5.74) is 3.60. The van der Waals surface area contributed by atoms with Gasteiger partial charge in [0.15, 0.2) is 0 Å². The number of guanidine groups is 1. The van der Waals surface area contributed by atoms with Gasteiger partial charge in [0, 0.05) is 14.1 Å². The highest BCUT2D eigenvalue weighted by Crippen LogP contribution is 2.23. The Labute approximate surface area is 150 Å². The largest absolute Gasteiger partial charge is 0.407 e. The molecule has 4 rings (SSSR count). The number of hydrogen-bond acceptors (Lipinski definition) is 5. The van der Waals surface area contributed by atoms with Crippen LogP contribution in [0.1, 0.15) is 5.56 Å². The minimum atomic E-state index is -0.687. The number of amidine groups is 1. The number of likely N-dealkylation sites (N-methyl/N-ethyl adjacent to an activating group) is 2. The van der Waals surface area contributed by atoms with E-state index in [9.17, 15) is 9.59 Å². The molecule has 8 heteroatoms. The maximum absolute atomic E-state index is 12.8. The van der Waals surface area contributed by atoms with Crippen LogP contribution in [0.3, 0.4) is 0 Å². The summed E-state index contributed by atoms with van der Waals surface area (Å²) in [6.45, 7) is 0.431. The maximum atomic E-state index is 12.8. The van der Waals surface area contributed by atoms with Crippen molar-refractivity contribution in [2.24, 2.45) is 10.8 Å². The molecule has 2 aromatic carbocycles. The van der Waals surface area contributed by atoms with Gasteiger partial charge in [0.1, 0.15) is 0 Å². The van der Waals surface area contributed by atoms with E-state index in [4.69, 9.17) is 5.84 Å². The number of rotatable bonds is 2. The first-order valence-electron chi connectivity index (χ1n) is 8.23. The summed E-state index contributed by atoms with van der Waals surface area (Å²) in [5.74, 6) is 6.06. The van der Waals surface area contributed by atoms with Crippen LogP contribution in [0.25, 0.3) is 10.8 Å². The van der Waals surface area contributed by atoms with Crippen molar-refractivity contribution in [3.8, 4) is 0 Å². The second-order valence-corrected chi connectivity index (χ2v) is 6.35.